The molecule has 0 amide bonds. The van der Waals surface area contributed by atoms with Gasteiger partial charge in [-0.2, -0.15) is 0 Å². The third-order valence-corrected chi connectivity index (χ3v) is 4.69. The standard InChI is InChI=1S/C22H23NO3/c1-15-4-7-19(14-16(15)2)23-18(9-13-22(24)25)8-12-21(23)17-5-10-20(26-3)11-6-17/h4-8,10-12,14H,9,13H2,1-3H3,(H,24,25). The van der Waals surface area contributed by atoms with Crippen LogP contribution in [0.1, 0.15) is 23.2 Å². The van der Waals surface area contributed by atoms with Gasteiger partial charge in [-0.15, -0.1) is 0 Å². The van der Waals surface area contributed by atoms with Crippen LogP contribution < -0.4 is 4.74 Å². The second kappa shape index (κ2) is 7.48. The molecule has 0 saturated heterocycles. The molecule has 0 aliphatic carbocycles. The van der Waals surface area contributed by atoms with E-state index in [2.05, 4.69) is 36.6 Å². The van der Waals surface area contributed by atoms with E-state index in [-0.39, 0.29) is 6.42 Å². The van der Waals surface area contributed by atoms with Crippen molar-refractivity contribution in [1.82, 2.24) is 4.57 Å². The summed E-state index contributed by atoms with van der Waals surface area (Å²) in [6, 6.07) is 18.3. The first kappa shape index (κ1) is 17.8. The number of carbonyl (C=O) groups is 1. The molecule has 2 aromatic carbocycles. The maximum Gasteiger partial charge on any atom is 0.303 e. The molecule has 0 bridgehead atoms. The molecule has 0 atom stereocenters. The van der Waals surface area contributed by atoms with E-state index in [4.69, 9.17) is 9.84 Å². The number of aryl methyl sites for hydroxylation is 3. The van der Waals surface area contributed by atoms with Crippen molar-refractivity contribution in [2.75, 3.05) is 7.11 Å². The zero-order valence-corrected chi connectivity index (χ0v) is 15.3. The molecule has 0 fully saturated rings. The van der Waals surface area contributed by atoms with Crippen LogP contribution >= 0.6 is 0 Å². The van der Waals surface area contributed by atoms with Gasteiger partial charge in [0.1, 0.15) is 5.75 Å². The first-order valence-corrected chi connectivity index (χ1v) is 8.64. The quantitative estimate of drug-likeness (QED) is 0.696. The smallest absolute Gasteiger partial charge is 0.303 e. The summed E-state index contributed by atoms with van der Waals surface area (Å²) in [5, 5.41) is 9.08. The summed E-state index contributed by atoms with van der Waals surface area (Å²) >= 11 is 0. The van der Waals surface area contributed by atoms with E-state index in [9.17, 15) is 4.79 Å². The largest absolute Gasteiger partial charge is 0.497 e. The summed E-state index contributed by atoms with van der Waals surface area (Å²) in [4.78, 5) is 11.0. The van der Waals surface area contributed by atoms with Crippen LogP contribution in [-0.4, -0.2) is 22.8 Å². The lowest BCUT2D eigenvalue weighted by Gasteiger charge is -2.15. The minimum Gasteiger partial charge on any atom is -0.497 e. The number of hydrogen-bond acceptors (Lipinski definition) is 2. The molecule has 1 aromatic heterocycles. The Bertz CT molecular complexity index is 923. The molecule has 0 aliphatic rings. The summed E-state index contributed by atoms with van der Waals surface area (Å²) in [6.07, 6.45) is 0.593. The molecule has 0 spiro atoms. The molecule has 0 aliphatic heterocycles. The Morgan fingerprint density at radius 3 is 2.35 bits per heavy atom. The highest BCUT2D eigenvalue weighted by atomic mass is 16.5. The molecule has 3 rings (SSSR count). The number of ether oxygens (including phenoxy) is 1. The van der Waals surface area contributed by atoms with Gasteiger partial charge in [-0.05, 0) is 85.5 Å². The van der Waals surface area contributed by atoms with E-state index < -0.39 is 5.97 Å². The van der Waals surface area contributed by atoms with Crippen LogP contribution in [0.5, 0.6) is 5.75 Å². The highest BCUT2D eigenvalue weighted by Gasteiger charge is 2.14. The van der Waals surface area contributed by atoms with Crippen LogP contribution in [0.2, 0.25) is 0 Å². The van der Waals surface area contributed by atoms with Crippen LogP contribution in [0.3, 0.4) is 0 Å². The van der Waals surface area contributed by atoms with Crippen molar-refractivity contribution in [1.29, 1.82) is 0 Å². The SMILES string of the molecule is COc1ccc(-c2ccc(CCC(=O)O)n2-c2ccc(C)c(C)c2)cc1. The summed E-state index contributed by atoms with van der Waals surface area (Å²) in [6.45, 7) is 4.18. The molecule has 0 unspecified atom stereocenters. The monoisotopic (exact) mass is 349 g/mol. The third kappa shape index (κ3) is 3.64. The lowest BCUT2D eigenvalue weighted by atomic mass is 10.1. The average Bonchev–Trinajstić information content (AvgIpc) is 3.06. The van der Waals surface area contributed by atoms with Crippen molar-refractivity contribution in [3.05, 3.63) is 71.4 Å². The summed E-state index contributed by atoms with van der Waals surface area (Å²) in [5.74, 6) is 0.0213. The number of carboxylic acids is 1. The second-order valence-corrected chi connectivity index (χ2v) is 6.44. The number of benzene rings is 2. The Kier molecular flexibility index (Phi) is 5.12. The van der Waals surface area contributed by atoms with Gasteiger partial charge in [0.05, 0.1) is 19.2 Å². The predicted octanol–water partition coefficient (Wildman–Crippen LogP) is 4.79. The number of hydrogen-bond donors (Lipinski definition) is 1. The Morgan fingerprint density at radius 1 is 1.00 bits per heavy atom. The third-order valence-electron chi connectivity index (χ3n) is 4.69. The van der Waals surface area contributed by atoms with Gasteiger partial charge in [-0.3, -0.25) is 4.79 Å². The molecule has 4 nitrogen and oxygen atoms in total. The van der Waals surface area contributed by atoms with Gasteiger partial charge in [-0.1, -0.05) is 6.07 Å². The maximum absolute atomic E-state index is 11.0. The van der Waals surface area contributed by atoms with Gasteiger partial charge in [0.2, 0.25) is 0 Å². The molecule has 4 heteroatoms. The minimum atomic E-state index is -0.788. The zero-order valence-electron chi connectivity index (χ0n) is 15.3. The van der Waals surface area contributed by atoms with Gasteiger partial charge >= 0.3 is 5.97 Å². The van der Waals surface area contributed by atoms with E-state index in [1.807, 2.05) is 36.4 Å². The Labute approximate surface area is 153 Å². The molecule has 3 aromatic rings. The number of rotatable bonds is 6. The van der Waals surface area contributed by atoms with Crippen LogP contribution in [0.25, 0.3) is 16.9 Å². The van der Waals surface area contributed by atoms with E-state index in [0.717, 1.165) is 28.4 Å². The Morgan fingerprint density at radius 2 is 1.73 bits per heavy atom. The van der Waals surface area contributed by atoms with E-state index in [1.165, 1.54) is 11.1 Å². The van der Waals surface area contributed by atoms with Crippen LogP contribution in [0.4, 0.5) is 0 Å². The van der Waals surface area contributed by atoms with Crippen LogP contribution in [-0.2, 0) is 11.2 Å². The fraction of sp³-hybridized carbons (Fsp3) is 0.227. The molecular formula is C22H23NO3. The first-order chi connectivity index (χ1) is 12.5. The minimum absolute atomic E-state index is 0.108. The van der Waals surface area contributed by atoms with Gasteiger partial charge in [0, 0.05) is 11.4 Å². The summed E-state index contributed by atoms with van der Waals surface area (Å²) in [7, 11) is 1.65. The average molecular weight is 349 g/mol. The highest BCUT2D eigenvalue weighted by molar-refractivity contribution is 5.68. The van der Waals surface area contributed by atoms with Crippen LogP contribution in [0.15, 0.2) is 54.6 Å². The highest BCUT2D eigenvalue weighted by Crippen LogP contribution is 2.29. The van der Waals surface area contributed by atoms with Gasteiger partial charge in [-0.25, -0.2) is 0 Å². The predicted molar refractivity (Wildman–Crippen MR) is 103 cm³/mol. The van der Waals surface area contributed by atoms with Gasteiger partial charge in [0.25, 0.3) is 0 Å². The first-order valence-electron chi connectivity index (χ1n) is 8.64. The van der Waals surface area contributed by atoms with E-state index in [0.29, 0.717) is 6.42 Å². The fourth-order valence-corrected chi connectivity index (χ4v) is 3.07. The van der Waals surface area contributed by atoms with Crippen molar-refractivity contribution in [3.63, 3.8) is 0 Å². The maximum atomic E-state index is 11.0. The van der Waals surface area contributed by atoms with Crippen LogP contribution in [0, 0.1) is 13.8 Å². The van der Waals surface area contributed by atoms with E-state index in [1.54, 1.807) is 7.11 Å². The molecule has 0 radical (unpaired) electrons. The van der Waals surface area contributed by atoms with Crippen molar-refractivity contribution >= 4 is 5.97 Å². The number of nitrogens with zero attached hydrogens (tertiary/aromatic N) is 1. The molecule has 0 saturated carbocycles. The zero-order chi connectivity index (χ0) is 18.7. The summed E-state index contributed by atoms with van der Waals surface area (Å²) < 4.78 is 7.40. The fourth-order valence-electron chi connectivity index (χ4n) is 3.07. The van der Waals surface area contributed by atoms with Gasteiger partial charge in [0.15, 0.2) is 0 Å². The number of carboxylic acid groups (broad SMARTS) is 1. The topological polar surface area (TPSA) is 51.5 Å². The van der Waals surface area contributed by atoms with Gasteiger partial charge < -0.3 is 14.4 Å². The number of methoxy groups -OCH3 is 1. The van der Waals surface area contributed by atoms with Crippen molar-refractivity contribution in [3.8, 4) is 22.7 Å². The number of aliphatic carboxylic acids is 1. The molecule has 134 valence electrons. The molecule has 26 heavy (non-hydrogen) atoms. The Hall–Kier alpha value is -3.01. The lowest BCUT2D eigenvalue weighted by molar-refractivity contribution is -0.136. The number of aromatic nitrogens is 1. The second-order valence-electron chi connectivity index (χ2n) is 6.44. The van der Waals surface area contributed by atoms with Crippen molar-refractivity contribution in [2.45, 2.75) is 26.7 Å². The molecule has 1 heterocycles. The van der Waals surface area contributed by atoms with Crippen molar-refractivity contribution < 1.29 is 14.6 Å². The Balaban J connectivity index is 2.11. The molecule has 1 N–H and O–H groups in total. The van der Waals surface area contributed by atoms with Crippen molar-refractivity contribution in [2.24, 2.45) is 0 Å². The molecular weight excluding hydrogens is 326 g/mol. The lowest BCUT2D eigenvalue weighted by Crippen LogP contribution is -2.05. The summed E-state index contributed by atoms with van der Waals surface area (Å²) in [5.41, 5.74) is 6.58. The van der Waals surface area contributed by atoms with E-state index >= 15 is 0 Å². The normalized spacial score (nSPS) is 10.7.